The Balaban J connectivity index is 1.95. The Morgan fingerprint density at radius 3 is 2.77 bits per heavy atom. The molecule has 0 saturated heterocycles. The molecule has 0 radical (unpaired) electrons. The van der Waals surface area contributed by atoms with E-state index in [0.29, 0.717) is 34.6 Å². The van der Waals surface area contributed by atoms with Crippen LogP contribution >= 0.6 is 11.6 Å². The zero-order chi connectivity index (χ0) is 15.7. The number of fused-ring (bicyclic) bond motifs is 1. The first-order chi connectivity index (χ1) is 10.6. The second-order valence-electron chi connectivity index (χ2n) is 4.90. The van der Waals surface area contributed by atoms with Gasteiger partial charge < -0.3 is 5.11 Å². The van der Waals surface area contributed by atoms with Gasteiger partial charge in [0, 0.05) is 17.4 Å². The van der Waals surface area contributed by atoms with Crippen LogP contribution in [0.2, 0.25) is 5.02 Å². The van der Waals surface area contributed by atoms with E-state index in [1.165, 1.54) is 16.5 Å². The van der Waals surface area contributed by atoms with E-state index in [-0.39, 0.29) is 11.5 Å². The highest BCUT2D eigenvalue weighted by molar-refractivity contribution is 6.30. The highest BCUT2D eigenvalue weighted by atomic mass is 35.5. The number of carboxylic acids is 1. The smallest absolute Gasteiger partial charge is 0.353 e. The number of pyridine rings is 1. The Bertz CT molecular complexity index is 860. The van der Waals surface area contributed by atoms with Gasteiger partial charge in [0.05, 0.1) is 0 Å². The molecule has 0 amide bonds. The van der Waals surface area contributed by atoms with Gasteiger partial charge in [0.2, 0.25) is 0 Å². The van der Waals surface area contributed by atoms with Crippen molar-refractivity contribution in [2.24, 2.45) is 0 Å². The molecule has 22 heavy (non-hydrogen) atoms. The molecule has 0 unspecified atom stereocenters. The van der Waals surface area contributed by atoms with E-state index >= 15 is 0 Å². The van der Waals surface area contributed by atoms with Crippen molar-refractivity contribution in [2.75, 3.05) is 0 Å². The molecule has 6 heteroatoms. The minimum Gasteiger partial charge on any atom is -0.477 e. The van der Waals surface area contributed by atoms with E-state index in [9.17, 15) is 14.3 Å². The van der Waals surface area contributed by atoms with Crippen molar-refractivity contribution in [2.45, 2.75) is 12.8 Å². The summed E-state index contributed by atoms with van der Waals surface area (Å²) in [5, 5.41) is 9.89. The summed E-state index contributed by atoms with van der Waals surface area (Å²) in [5.41, 5.74) is 1.81. The number of halogens is 2. The maximum Gasteiger partial charge on any atom is 0.353 e. The number of hydrogen-bond acceptors (Lipinski definition) is 2. The van der Waals surface area contributed by atoms with E-state index in [1.54, 1.807) is 30.6 Å². The van der Waals surface area contributed by atoms with Crippen LogP contribution in [0.15, 0.2) is 42.7 Å². The lowest BCUT2D eigenvalue weighted by Crippen LogP contribution is -2.10. The summed E-state index contributed by atoms with van der Waals surface area (Å²) in [7, 11) is 0. The first kappa shape index (κ1) is 14.5. The van der Waals surface area contributed by atoms with Crippen LogP contribution in [0.4, 0.5) is 4.39 Å². The van der Waals surface area contributed by atoms with Crippen LogP contribution in [-0.4, -0.2) is 20.5 Å². The summed E-state index contributed by atoms with van der Waals surface area (Å²) in [6.07, 6.45) is 3.91. The van der Waals surface area contributed by atoms with Crippen molar-refractivity contribution in [1.29, 1.82) is 0 Å². The molecule has 0 aliphatic carbocycles. The lowest BCUT2D eigenvalue weighted by molar-refractivity contribution is 0.0687. The fraction of sp³-hybridized carbons (Fsp3) is 0.125. The Morgan fingerprint density at radius 1 is 1.23 bits per heavy atom. The molecule has 4 nitrogen and oxygen atoms in total. The largest absolute Gasteiger partial charge is 0.477 e. The van der Waals surface area contributed by atoms with Crippen LogP contribution in [0.5, 0.6) is 0 Å². The molecule has 1 aromatic carbocycles. The predicted molar refractivity (Wildman–Crippen MR) is 81.0 cm³/mol. The minimum atomic E-state index is -1.04. The van der Waals surface area contributed by atoms with Crippen LogP contribution < -0.4 is 0 Å². The van der Waals surface area contributed by atoms with Crippen LogP contribution in [0.3, 0.4) is 0 Å². The molecule has 0 aliphatic heterocycles. The van der Waals surface area contributed by atoms with E-state index in [2.05, 4.69) is 4.98 Å². The number of aromatic carboxylic acids is 1. The summed E-state index contributed by atoms with van der Waals surface area (Å²) in [4.78, 5) is 15.6. The molecular formula is C16H12ClFN2O2. The van der Waals surface area contributed by atoms with Gasteiger partial charge in [-0.3, -0.25) is 4.40 Å². The average molecular weight is 319 g/mol. The summed E-state index contributed by atoms with van der Waals surface area (Å²) >= 11 is 5.87. The number of hydrogen-bond donors (Lipinski definition) is 1. The molecule has 3 aromatic rings. The fourth-order valence-electron chi connectivity index (χ4n) is 2.48. The van der Waals surface area contributed by atoms with Crippen molar-refractivity contribution in [1.82, 2.24) is 9.38 Å². The van der Waals surface area contributed by atoms with Crippen LogP contribution in [0.25, 0.3) is 5.65 Å². The van der Waals surface area contributed by atoms with Crippen LogP contribution in [-0.2, 0) is 12.8 Å². The molecule has 0 aliphatic rings. The van der Waals surface area contributed by atoms with Gasteiger partial charge in [-0.15, -0.1) is 0 Å². The van der Waals surface area contributed by atoms with E-state index < -0.39 is 5.97 Å². The van der Waals surface area contributed by atoms with Gasteiger partial charge in [0.1, 0.15) is 17.2 Å². The zero-order valence-electron chi connectivity index (χ0n) is 11.5. The molecule has 3 rings (SSSR count). The minimum absolute atomic E-state index is 0.150. The Morgan fingerprint density at radius 2 is 2.00 bits per heavy atom. The topological polar surface area (TPSA) is 54.6 Å². The molecule has 0 fully saturated rings. The molecule has 112 valence electrons. The number of carboxylic acid groups (broad SMARTS) is 1. The first-order valence-electron chi connectivity index (χ1n) is 6.68. The number of rotatable bonds is 4. The van der Waals surface area contributed by atoms with Gasteiger partial charge >= 0.3 is 5.97 Å². The monoisotopic (exact) mass is 318 g/mol. The van der Waals surface area contributed by atoms with Gasteiger partial charge in [0.15, 0.2) is 0 Å². The second kappa shape index (κ2) is 5.77. The number of imidazole rings is 1. The molecule has 2 heterocycles. The fourth-order valence-corrected chi connectivity index (χ4v) is 2.68. The third-order valence-corrected chi connectivity index (χ3v) is 3.76. The average Bonchev–Trinajstić information content (AvgIpc) is 2.95. The lowest BCUT2D eigenvalue weighted by atomic mass is 10.0. The van der Waals surface area contributed by atoms with Gasteiger partial charge in [-0.25, -0.2) is 14.2 Å². The molecule has 0 saturated carbocycles. The number of carbonyl (C=O) groups is 1. The van der Waals surface area contributed by atoms with Gasteiger partial charge in [-0.05, 0) is 48.2 Å². The highest BCUT2D eigenvalue weighted by Crippen LogP contribution is 2.19. The van der Waals surface area contributed by atoms with Gasteiger partial charge in [-0.1, -0.05) is 17.7 Å². The van der Waals surface area contributed by atoms with E-state index in [4.69, 9.17) is 11.6 Å². The highest BCUT2D eigenvalue weighted by Gasteiger charge is 2.15. The standard InChI is InChI=1S/C16H12ClFN2O2/c17-12-4-5-13(18)11(9-12)2-1-10-3-6-14-19-7-8-20(14)15(10)16(21)22/h3-9H,1-2H2,(H,21,22). The second-order valence-corrected chi connectivity index (χ2v) is 5.34. The molecule has 0 bridgehead atoms. The molecule has 2 aromatic heterocycles. The van der Waals surface area contributed by atoms with Gasteiger partial charge in [-0.2, -0.15) is 0 Å². The Labute approximate surface area is 130 Å². The third kappa shape index (κ3) is 2.67. The van der Waals surface area contributed by atoms with Crippen molar-refractivity contribution in [3.8, 4) is 0 Å². The summed E-state index contributed by atoms with van der Waals surface area (Å²) < 4.78 is 15.3. The van der Waals surface area contributed by atoms with Crippen LogP contribution in [0.1, 0.15) is 21.6 Å². The number of benzene rings is 1. The lowest BCUT2D eigenvalue weighted by Gasteiger charge is -2.09. The molecule has 0 atom stereocenters. The van der Waals surface area contributed by atoms with Crippen molar-refractivity contribution < 1.29 is 14.3 Å². The maximum atomic E-state index is 13.7. The maximum absolute atomic E-state index is 13.7. The molecule has 1 N–H and O–H groups in total. The first-order valence-corrected chi connectivity index (χ1v) is 7.06. The quantitative estimate of drug-likeness (QED) is 0.799. The SMILES string of the molecule is O=C(O)c1c(CCc2cc(Cl)ccc2F)ccc2nccn12. The Kier molecular flexibility index (Phi) is 3.81. The molecular weight excluding hydrogens is 307 g/mol. The predicted octanol–water partition coefficient (Wildman–Crippen LogP) is 3.61. The number of aromatic nitrogens is 2. The van der Waals surface area contributed by atoms with Gasteiger partial charge in [0.25, 0.3) is 0 Å². The summed E-state index contributed by atoms with van der Waals surface area (Å²) in [5.74, 6) is -1.38. The zero-order valence-corrected chi connectivity index (χ0v) is 12.2. The summed E-state index contributed by atoms with van der Waals surface area (Å²) in [6.45, 7) is 0. The molecule has 0 spiro atoms. The Hall–Kier alpha value is -2.40. The van der Waals surface area contributed by atoms with Crippen molar-refractivity contribution >= 4 is 23.2 Å². The van der Waals surface area contributed by atoms with E-state index in [0.717, 1.165) is 0 Å². The van der Waals surface area contributed by atoms with Crippen molar-refractivity contribution in [3.05, 3.63) is 70.4 Å². The third-order valence-electron chi connectivity index (χ3n) is 3.52. The van der Waals surface area contributed by atoms with Crippen molar-refractivity contribution in [3.63, 3.8) is 0 Å². The van der Waals surface area contributed by atoms with E-state index in [1.807, 2.05) is 0 Å². The number of aryl methyl sites for hydroxylation is 2. The van der Waals surface area contributed by atoms with Crippen LogP contribution in [0, 0.1) is 5.82 Å². The normalized spacial score (nSPS) is 11.0. The number of nitrogens with zero attached hydrogens (tertiary/aromatic N) is 2. The summed E-state index contributed by atoms with van der Waals surface area (Å²) in [6, 6.07) is 7.83.